The van der Waals surface area contributed by atoms with Gasteiger partial charge < -0.3 is 14.8 Å². The van der Waals surface area contributed by atoms with Gasteiger partial charge in [-0.2, -0.15) is 0 Å². The van der Waals surface area contributed by atoms with Crippen LogP contribution in [0, 0.1) is 0 Å². The number of methoxy groups -OCH3 is 1. The number of hydrogen-bond acceptors (Lipinski definition) is 5. The molecule has 2 rings (SSSR count). The number of carbonyl (C=O) groups excluding carboxylic acids is 2. The van der Waals surface area contributed by atoms with Crippen molar-refractivity contribution >= 4 is 17.6 Å². The highest BCUT2D eigenvalue weighted by atomic mass is 16.5. The molecule has 2 aromatic rings. The molecule has 1 N–H and O–H groups in total. The van der Waals surface area contributed by atoms with Gasteiger partial charge in [0.05, 0.1) is 12.7 Å². The highest BCUT2D eigenvalue weighted by Crippen LogP contribution is 2.11. The Morgan fingerprint density at radius 1 is 1.00 bits per heavy atom. The van der Waals surface area contributed by atoms with Gasteiger partial charge in [-0.1, -0.05) is 30.3 Å². The topological polar surface area (TPSA) is 64.6 Å². The van der Waals surface area contributed by atoms with Crippen LogP contribution in [0.5, 0.6) is 0 Å². The van der Waals surface area contributed by atoms with Crippen molar-refractivity contribution in [3.8, 4) is 0 Å². The third-order valence-electron chi connectivity index (χ3n) is 3.00. The first-order chi connectivity index (χ1) is 10.7. The third-order valence-corrected chi connectivity index (χ3v) is 3.00. The van der Waals surface area contributed by atoms with Gasteiger partial charge in [0.2, 0.25) is 0 Å². The van der Waals surface area contributed by atoms with Gasteiger partial charge in [0.1, 0.15) is 13.2 Å². The molecule has 0 unspecified atom stereocenters. The predicted octanol–water partition coefficient (Wildman–Crippen LogP) is 2.63. The molecule has 2 aromatic carbocycles. The first-order valence-electron chi connectivity index (χ1n) is 6.81. The summed E-state index contributed by atoms with van der Waals surface area (Å²) >= 11 is 0. The number of esters is 2. The van der Waals surface area contributed by atoms with Crippen molar-refractivity contribution in [1.82, 2.24) is 0 Å². The fourth-order valence-electron chi connectivity index (χ4n) is 1.78. The van der Waals surface area contributed by atoms with Crippen LogP contribution >= 0.6 is 0 Å². The van der Waals surface area contributed by atoms with E-state index in [0.717, 1.165) is 11.3 Å². The van der Waals surface area contributed by atoms with Gasteiger partial charge in [-0.3, -0.25) is 4.79 Å². The molecule has 0 aliphatic rings. The van der Waals surface area contributed by atoms with Crippen LogP contribution in [0.25, 0.3) is 0 Å². The summed E-state index contributed by atoms with van der Waals surface area (Å²) in [6.45, 7) is 0.316. The molecule has 0 amide bonds. The SMILES string of the molecule is COC(=O)CNc1ccc(C(=O)OCc2ccccc2)cc1. The minimum Gasteiger partial charge on any atom is -0.468 e. The average molecular weight is 299 g/mol. The highest BCUT2D eigenvalue weighted by molar-refractivity contribution is 5.89. The minimum atomic E-state index is -0.386. The Morgan fingerprint density at radius 2 is 1.68 bits per heavy atom. The number of anilines is 1. The second-order valence-corrected chi connectivity index (χ2v) is 4.57. The van der Waals surface area contributed by atoms with Crippen molar-refractivity contribution in [3.63, 3.8) is 0 Å². The molecule has 0 heterocycles. The molecular formula is C17H17NO4. The molecule has 0 spiro atoms. The fourth-order valence-corrected chi connectivity index (χ4v) is 1.78. The quantitative estimate of drug-likeness (QED) is 0.831. The number of benzene rings is 2. The summed E-state index contributed by atoms with van der Waals surface area (Å²) in [4.78, 5) is 22.9. The van der Waals surface area contributed by atoms with Gasteiger partial charge in [0.15, 0.2) is 0 Å². The van der Waals surface area contributed by atoms with Gasteiger partial charge in [0, 0.05) is 5.69 Å². The van der Waals surface area contributed by atoms with Crippen molar-refractivity contribution in [2.75, 3.05) is 19.0 Å². The van der Waals surface area contributed by atoms with Gasteiger partial charge in [-0.25, -0.2) is 4.79 Å². The lowest BCUT2D eigenvalue weighted by Crippen LogP contribution is -2.15. The van der Waals surface area contributed by atoms with Crippen LogP contribution in [-0.4, -0.2) is 25.6 Å². The standard InChI is InChI=1S/C17H17NO4/c1-21-16(19)11-18-15-9-7-14(8-10-15)17(20)22-12-13-5-3-2-4-6-13/h2-10,18H,11-12H2,1H3. The van der Waals surface area contributed by atoms with Crippen molar-refractivity contribution in [2.45, 2.75) is 6.61 Å². The zero-order valence-electron chi connectivity index (χ0n) is 12.2. The minimum absolute atomic E-state index is 0.0777. The molecule has 0 fully saturated rings. The molecule has 0 bridgehead atoms. The van der Waals surface area contributed by atoms with E-state index in [0.29, 0.717) is 5.56 Å². The fraction of sp³-hybridized carbons (Fsp3) is 0.176. The maximum Gasteiger partial charge on any atom is 0.338 e. The lowest BCUT2D eigenvalue weighted by Gasteiger charge is -2.07. The third kappa shape index (κ3) is 4.63. The smallest absolute Gasteiger partial charge is 0.338 e. The molecule has 114 valence electrons. The Kier molecular flexibility index (Phi) is 5.54. The molecule has 0 aromatic heterocycles. The number of carbonyl (C=O) groups is 2. The van der Waals surface area contributed by atoms with Gasteiger partial charge >= 0.3 is 11.9 Å². The zero-order valence-corrected chi connectivity index (χ0v) is 12.2. The molecule has 0 aliphatic heterocycles. The van der Waals surface area contributed by atoms with Crippen LogP contribution < -0.4 is 5.32 Å². The number of ether oxygens (including phenoxy) is 2. The molecular weight excluding hydrogens is 282 g/mol. The van der Waals surface area contributed by atoms with Crippen LogP contribution in [0.3, 0.4) is 0 Å². The summed E-state index contributed by atoms with van der Waals surface area (Å²) in [5.74, 6) is -0.741. The lowest BCUT2D eigenvalue weighted by atomic mass is 10.2. The summed E-state index contributed by atoms with van der Waals surface area (Å²) in [5, 5.41) is 2.89. The summed E-state index contributed by atoms with van der Waals surface area (Å²) in [5.41, 5.74) is 2.12. The monoisotopic (exact) mass is 299 g/mol. The van der Waals surface area contributed by atoms with Crippen LogP contribution in [0.1, 0.15) is 15.9 Å². The van der Waals surface area contributed by atoms with Gasteiger partial charge in [0.25, 0.3) is 0 Å². The van der Waals surface area contributed by atoms with E-state index in [9.17, 15) is 9.59 Å². The molecule has 0 saturated heterocycles. The molecule has 5 nitrogen and oxygen atoms in total. The summed E-state index contributed by atoms with van der Waals surface area (Å²) in [6, 6.07) is 16.2. The summed E-state index contributed by atoms with van der Waals surface area (Å²) < 4.78 is 9.77. The first kappa shape index (κ1) is 15.6. The van der Waals surface area contributed by atoms with Crippen LogP contribution in [-0.2, 0) is 20.9 Å². The van der Waals surface area contributed by atoms with E-state index in [-0.39, 0.29) is 25.1 Å². The predicted molar refractivity (Wildman–Crippen MR) is 82.5 cm³/mol. The second-order valence-electron chi connectivity index (χ2n) is 4.57. The van der Waals surface area contributed by atoms with Crippen LogP contribution in [0.4, 0.5) is 5.69 Å². The zero-order chi connectivity index (χ0) is 15.8. The molecule has 0 saturated carbocycles. The van der Waals surface area contributed by atoms with Crippen molar-refractivity contribution < 1.29 is 19.1 Å². The lowest BCUT2D eigenvalue weighted by molar-refractivity contribution is -0.138. The average Bonchev–Trinajstić information content (AvgIpc) is 2.59. The summed E-state index contributed by atoms with van der Waals surface area (Å²) in [7, 11) is 1.33. The van der Waals surface area contributed by atoms with E-state index in [1.807, 2.05) is 30.3 Å². The molecule has 0 radical (unpaired) electrons. The normalized spacial score (nSPS) is 9.86. The van der Waals surface area contributed by atoms with E-state index in [4.69, 9.17) is 4.74 Å². The molecule has 22 heavy (non-hydrogen) atoms. The molecule has 0 aliphatic carbocycles. The summed E-state index contributed by atoms with van der Waals surface area (Å²) in [6.07, 6.45) is 0. The van der Waals surface area contributed by atoms with Gasteiger partial charge in [-0.15, -0.1) is 0 Å². The van der Waals surface area contributed by atoms with Gasteiger partial charge in [-0.05, 0) is 29.8 Å². The highest BCUT2D eigenvalue weighted by Gasteiger charge is 2.07. The van der Waals surface area contributed by atoms with E-state index in [1.165, 1.54) is 7.11 Å². The Labute approximate surface area is 128 Å². The maximum atomic E-state index is 11.9. The van der Waals surface area contributed by atoms with Crippen molar-refractivity contribution in [2.24, 2.45) is 0 Å². The van der Waals surface area contributed by atoms with E-state index >= 15 is 0 Å². The van der Waals surface area contributed by atoms with E-state index < -0.39 is 0 Å². The van der Waals surface area contributed by atoms with E-state index in [1.54, 1.807) is 24.3 Å². The maximum absolute atomic E-state index is 11.9. The van der Waals surface area contributed by atoms with Crippen molar-refractivity contribution in [1.29, 1.82) is 0 Å². The largest absolute Gasteiger partial charge is 0.468 e. The Balaban J connectivity index is 1.87. The number of nitrogens with one attached hydrogen (secondary N) is 1. The first-order valence-corrected chi connectivity index (χ1v) is 6.81. The van der Waals surface area contributed by atoms with Crippen molar-refractivity contribution in [3.05, 3.63) is 65.7 Å². The molecule has 0 atom stereocenters. The Hall–Kier alpha value is -2.82. The molecule has 5 heteroatoms. The Morgan fingerprint density at radius 3 is 2.32 bits per heavy atom. The number of rotatable bonds is 6. The number of hydrogen-bond donors (Lipinski definition) is 1. The van der Waals surface area contributed by atoms with Crippen LogP contribution in [0.2, 0.25) is 0 Å². The van der Waals surface area contributed by atoms with Crippen LogP contribution in [0.15, 0.2) is 54.6 Å². The Bertz CT molecular complexity index is 623. The van der Waals surface area contributed by atoms with E-state index in [2.05, 4.69) is 10.1 Å². The second kappa shape index (κ2) is 7.83.